The molecule has 106 valence electrons. The summed E-state index contributed by atoms with van der Waals surface area (Å²) in [6, 6.07) is 10.4. The largest absolute Gasteiger partial charge is 0.373 e. The number of fused-ring (bicyclic) bond motifs is 1. The molecule has 2 aromatic rings. The van der Waals surface area contributed by atoms with Gasteiger partial charge in [-0.15, -0.1) is 0 Å². The van der Waals surface area contributed by atoms with E-state index in [2.05, 4.69) is 28.5 Å². The van der Waals surface area contributed by atoms with Crippen molar-refractivity contribution < 1.29 is 4.74 Å². The average Bonchev–Trinajstić information content (AvgIpc) is 2.53. The molecular weight excluding hydrogens is 248 g/mol. The van der Waals surface area contributed by atoms with E-state index in [1.807, 2.05) is 19.2 Å². The van der Waals surface area contributed by atoms with E-state index in [1.54, 1.807) is 0 Å². The minimum absolute atomic E-state index is 0.430. The molecule has 1 heterocycles. The number of anilines is 1. The van der Waals surface area contributed by atoms with Gasteiger partial charge in [0.25, 0.3) is 0 Å². The summed E-state index contributed by atoms with van der Waals surface area (Å²) in [7, 11) is 1.92. The van der Waals surface area contributed by atoms with Crippen molar-refractivity contribution in [2.45, 2.75) is 44.8 Å². The fraction of sp³-hybridized carbons (Fsp3) is 0.471. The fourth-order valence-electron chi connectivity index (χ4n) is 2.93. The van der Waals surface area contributed by atoms with Gasteiger partial charge in [-0.3, -0.25) is 0 Å². The summed E-state index contributed by atoms with van der Waals surface area (Å²) in [5, 5.41) is 4.36. The van der Waals surface area contributed by atoms with Crippen molar-refractivity contribution in [3.8, 4) is 0 Å². The number of rotatable bonds is 4. The number of nitrogens with one attached hydrogen (secondary N) is 1. The Labute approximate surface area is 120 Å². The molecule has 1 N–H and O–H groups in total. The molecule has 1 saturated carbocycles. The second-order valence-corrected chi connectivity index (χ2v) is 5.51. The van der Waals surface area contributed by atoms with Crippen molar-refractivity contribution in [1.29, 1.82) is 0 Å². The van der Waals surface area contributed by atoms with Crippen LogP contribution in [0.5, 0.6) is 0 Å². The van der Waals surface area contributed by atoms with Gasteiger partial charge in [0.1, 0.15) is 5.82 Å². The maximum atomic E-state index is 6.08. The Bertz CT molecular complexity index is 576. The van der Waals surface area contributed by atoms with Crippen LogP contribution in [-0.4, -0.2) is 18.1 Å². The van der Waals surface area contributed by atoms with Gasteiger partial charge in [-0.25, -0.2) is 4.98 Å². The van der Waals surface area contributed by atoms with E-state index >= 15 is 0 Å². The zero-order chi connectivity index (χ0) is 13.8. The van der Waals surface area contributed by atoms with Crippen LogP contribution in [-0.2, 0) is 11.3 Å². The van der Waals surface area contributed by atoms with Crippen LogP contribution in [0.2, 0.25) is 0 Å². The molecule has 0 saturated heterocycles. The third kappa shape index (κ3) is 2.93. The van der Waals surface area contributed by atoms with E-state index in [0.29, 0.717) is 12.7 Å². The quantitative estimate of drug-likeness (QED) is 0.907. The number of aromatic nitrogens is 1. The van der Waals surface area contributed by atoms with Crippen molar-refractivity contribution >= 4 is 16.7 Å². The summed E-state index contributed by atoms with van der Waals surface area (Å²) in [6.45, 7) is 0.651. The average molecular weight is 270 g/mol. The predicted octanol–water partition coefficient (Wildman–Crippen LogP) is 4.13. The smallest absolute Gasteiger partial charge is 0.131 e. The van der Waals surface area contributed by atoms with Crippen molar-refractivity contribution in [3.05, 3.63) is 35.9 Å². The van der Waals surface area contributed by atoms with Gasteiger partial charge in [0.05, 0.1) is 18.2 Å². The van der Waals surface area contributed by atoms with Crippen LogP contribution >= 0.6 is 0 Å². The molecule has 3 nitrogen and oxygen atoms in total. The number of hydrogen-bond acceptors (Lipinski definition) is 3. The molecule has 1 aliphatic rings. The summed E-state index contributed by atoms with van der Waals surface area (Å²) in [5.74, 6) is 0.930. The van der Waals surface area contributed by atoms with Gasteiger partial charge in [-0.2, -0.15) is 0 Å². The van der Waals surface area contributed by atoms with Gasteiger partial charge in [0.2, 0.25) is 0 Å². The van der Waals surface area contributed by atoms with Crippen LogP contribution in [0.25, 0.3) is 10.9 Å². The van der Waals surface area contributed by atoms with Gasteiger partial charge in [0, 0.05) is 18.0 Å². The monoisotopic (exact) mass is 270 g/mol. The molecule has 0 amide bonds. The lowest BCUT2D eigenvalue weighted by atomic mass is 9.98. The Balaban J connectivity index is 1.78. The topological polar surface area (TPSA) is 34.2 Å². The summed E-state index contributed by atoms with van der Waals surface area (Å²) >= 11 is 0. The maximum Gasteiger partial charge on any atom is 0.131 e. The summed E-state index contributed by atoms with van der Waals surface area (Å²) < 4.78 is 6.08. The van der Waals surface area contributed by atoms with E-state index in [-0.39, 0.29) is 0 Å². The molecule has 0 unspecified atom stereocenters. The lowest BCUT2D eigenvalue weighted by Crippen LogP contribution is -2.16. The highest BCUT2D eigenvalue weighted by atomic mass is 16.5. The second kappa shape index (κ2) is 6.23. The molecule has 1 aromatic carbocycles. The minimum atomic E-state index is 0.430. The first kappa shape index (κ1) is 13.4. The third-order valence-corrected chi connectivity index (χ3v) is 4.07. The molecule has 1 fully saturated rings. The first-order valence-electron chi connectivity index (χ1n) is 7.55. The Kier molecular flexibility index (Phi) is 4.16. The van der Waals surface area contributed by atoms with E-state index in [1.165, 1.54) is 37.5 Å². The van der Waals surface area contributed by atoms with Crippen LogP contribution in [0.3, 0.4) is 0 Å². The lowest BCUT2D eigenvalue weighted by molar-refractivity contribution is 0.0171. The molecule has 1 aliphatic carbocycles. The zero-order valence-corrected chi connectivity index (χ0v) is 12.1. The number of pyridine rings is 1. The normalized spacial score (nSPS) is 16.4. The number of benzene rings is 1. The minimum Gasteiger partial charge on any atom is -0.373 e. The predicted molar refractivity (Wildman–Crippen MR) is 83.0 cm³/mol. The molecular formula is C17H22N2O. The van der Waals surface area contributed by atoms with Crippen molar-refractivity contribution in [1.82, 2.24) is 4.98 Å². The third-order valence-electron chi connectivity index (χ3n) is 4.07. The van der Waals surface area contributed by atoms with Crippen LogP contribution < -0.4 is 5.32 Å². The highest BCUT2D eigenvalue weighted by Gasteiger charge is 2.15. The number of hydrogen-bond donors (Lipinski definition) is 1. The molecule has 20 heavy (non-hydrogen) atoms. The summed E-state index contributed by atoms with van der Waals surface area (Å²) in [6.07, 6.45) is 6.81. The zero-order valence-electron chi connectivity index (χ0n) is 12.1. The highest BCUT2D eigenvalue weighted by molar-refractivity contribution is 5.81. The summed E-state index contributed by atoms with van der Waals surface area (Å²) in [5.41, 5.74) is 2.18. The van der Waals surface area contributed by atoms with Crippen LogP contribution in [0, 0.1) is 0 Å². The molecule has 3 heteroatoms. The first-order valence-corrected chi connectivity index (χ1v) is 7.55. The number of para-hydroxylation sites is 1. The Morgan fingerprint density at radius 2 is 2.00 bits per heavy atom. The van der Waals surface area contributed by atoms with E-state index in [9.17, 15) is 0 Å². The van der Waals surface area contributed by atoms with E-state index < -0.39 is 0 Å². The van der Waals surface area contributed by atoms with Gasteiger partial charge in [0.15, 0.2) is 0 Å². The van der Waals surface area contributed by atoms with Gasteiger partial charge < -0.3 is 10.1 Å². The standard InChI is InChI=1S/C17H22N2O/c1-18-17-14(12-20-15-8-3-2-4-9-15)11-13-7-5-6-10-16(13)19-17/h5-7,10-11,15H,2-4,8-9,12H2,1H3,(H,18,19). The maximum absolute atomic E-state index is 6.08. The Morgan fingerprint density at radius 1 is 1.20 bits per heavy atom. The van der Waals surface area contributed by atoms with E-state index in [0.717, 1.165) is 16.9 Å². The van der Waals surface area contributed by atoms with E-state index in [4.69, 9.17) is 4.74 Å². The molecule has 0 aliphatic heterocycles. The van der Waals surface area contributed by atoms with Crippen molar-refractivity contribution in [2.24, 2.45) is 0 Å². The first-order chi connectivity index (χ1) is 9.86. The van der Waals surface area contributed by atoms with Gasteiger partial charge >= 0.3 is 0 Å². The van der Waals surface area contributed by atoms with Crippen LogP contribution in [0.15, 0.2) is 30.3 Å². The van der Waals surface area contributed by atoms with Crippen LogP contribution in [0.1, 0.15) is 37.7 Å². The molecule has 0 spiro atoms. The highest BCUT2D eigenvalue weighted by Crippen LogP contribution is 2.24. The number of ether oxygens (including phenoxy) is 1. The second-order valence-electron chi connectivity index (χ2n) is 5.51. The van der Waals surface area contributed by atoms with Crippen molar-refractivity contribution in [2.75, 3.05) is 12.4 Å². The molecule has 0 atom stereocenters. The van der Waals surface area contributed by atoms with Crippen molar-refractivity contribution in [3.63, 3.8) is 0 Å². The van der Waals surface area contributed by atoms with Crippen LogP contribution in [0.4, 0.5) is 5.82 Å². The Hall–Kier alpha value is -1.61. The van der Waals surface area contributed by atoms with Gasteiger partial charge in [-0.1, -0.05) is 37.5 Å². The Morgan fingerprint density at radius 3 is 2.80 bits per heavy atom. The SMILES string of the molecule is CNc1nc2ccccc2cc1COC1CCCCC1. The summed E-state index contributed by atoms with van der Waals surface area (Å²) in [4.78, 5) is 4.67. The fourth-order valence-corrected chi connectivity index (χ4v) is 2.93. The van der Waals surface area contributed by atoms with Gasteiger partial charge in [-0.05, 0) is 25.0 Å². The molecule has 3 rings (SSSR count). The molecule has 0 bridgehead atoms. The molecule has 1 aromatic heterocycles. The lowest BCUT2D eigenvalue weighted by Gasteiger charge is -2.22. The number of nitrogens with zero attached hydrogens (tertiary/aromatic N) is 1. The molecule has 0 radical (unpaired) electrons.